The fourth-order valence-electron chi connectivity index (χ4n) is 1.79. The monoisotopic (exact) mass is 293 g/mol. The molecule has 7 heteroatoms. The van der Waals surface area contributed by atoms with Crippen molar-refractivity contribution in [3.63, 3.8) is 0 Å². The lowest BCUT2D eigenvalue weighted by atomic mass is 10.2. The zero-order valence-corrected chi connectivity index (χ0v) is 11.8. The van der Waals surface area contributed by atoms with Gasteiger partial charge in [0, 0.05) is 13.1 Å². The second kappa shape index (κ2) is 6.33. The quantitative estimate of drug-likeness (QED) is 0.853. The van der Waals surface area contributed by atoms with Gasteiger partial charge in [-0.15, -0.1) is 11.3 Å². The van der Waals surface area contributed by atoms with E-state index < -0.39 is 5.97 Å². The summed E-state index contributed by atoms with van der Waals surface area (Å²) in [5, 5.41) is 17.5. The average Bonchev–Trinajstić information content (AvgIpc) is 3.09. The molecule has 2 N–H and O–H groups in total. The Morgan fingerprint density at radius 1 is 1.50 bits per heavy atom. The van der Waals surface area contributed by atoms with Crippen LogP contribution in [0.1, 0.15) is 23.8 Å². The predicted molar refractivity (Wildman–Crippen MR) is 75.7 cm³/mol. The highest BCUT2D eigenvalue weighted by molar-refractivity contribution is 7.13. The van der Waals surface area contributed by atoms with Crippen molar-refractivity contribution >= 4 is 23.2 Å². The number of nitrogens with zero attached hydrogens (tertiary/aromatic N) is 2. The Labute approximate surface area is 120 Å². The highest BCUT2D eigenvalue weighted by Crippen LogP contribution is 2.23. The van der Waals surface area contributed by atoms with Crippen molar-refractivity contribution < 1.29 is 14.7 Å². The number of aromatic amines is 1. The summed E-state index contributed by atoms with van der Waals surface area (Å²) in [6.45, 7) is 2.45. The number of rotatable bonds is 6. The van der Waals surface area contributed by atoms with Gasteiger partial charge in [-0.3, -0.25) is 14.7 Å². The van der Waals surface area contributed by atoms with Crippen LogP contribution in [-0.4, -0.2) is 45.2 Å². The van der Waals surface area contributed by atoms with Crippen molar-refractivity contribution in [3.05, 3.63) is 29.3 Å². The van der Waals surface area contributed by atoms with Gasteiger partial charge in [0.1, 0.15) is 0 Å². The highest BCUT2D eigenvalue weighted by Gasteiger charge is 2.18. The van der Waals surface area contributed by atoms with Gasteiger partial charge in [-0.2, -0.15) is 5.10 Å². The number of hydrogen-bond donors (Lipinski definition) is 2. The molecule has 0 unspecified atom stereocenters. The molecule has 0 saturated heterocycles. The normalized spacial score (nSPS) is 10.4. The summed E-state index contributed by atoms with van der Waals surface area (Å²) in [6.07, 6.45) is -0.0677. The molecule has 0 atom stereocenters. The number of aliphatic carboxylic acids is 1. The van der Waals surface area contributed by atoms with Crippen molar-refractivity contribution in [3.8, 4) is 10.6 Å². The summed E-state index contributed by atoms with van der Waals surface area (Å²) in [7, 11) is 0. The van der Waals surface area contributed by atoms with Gasteiger partial charge in [0.25, 0.3) is 5.91 Å². The topological polar surface area (TPSA) is 86.3 Å². The first-order valence-corrected chi connectivity index (χ1v) is 7.10. The van der Waals surface area contributed by atoms with Crippen molar-refractivity contribution in [2.75, 3.05) is 13.1 Å². The van der Waals surface area contributed by atoms with Gasteiger partial charge in [0.2, 0.25) is 0 Å². The van der Waals surface area contributed by atoms with Gasteiger partial charge in [-0.25, -0.2) is 0 Å². The van der Waals surface area contributed by atoms with E-state index in [1.54, 1.807) is 17.4 Å². The van der Waals surface area contributed by atoms with E-state index in [0.29, 0.717) is 12.2 Å². The van der Waals surface area contributed by atoms with Gasteiger partial charge < -0.3 is 10.0 Å². The molecule has 1 amide bonds. The largest absolute Gasteiger partial charge is 0.481 e. The minimum Gasteiger partial charge on any atom is -0.481 e. The average molecular weight is 293 g/mol. The first kappa shape index (κ1) is 14.3. The summed E-state index contributed by atoms with van der Waals surface area (Å²) in [5.74, 6) is -1.18. The van der Waals surface area contributed by atoms with E-state index in [2.05, 4.69) is 10.2 Å². The van der Waals surface area contributed by atoms with Crippen molar-refractivity contribution in [1.29, 1.82) is 0 Å². The molecule has 0 spiro atoms. The molecule has 0 fully saturated rings. The van der Waals surface area contributed by atoms with Crippen LogP contribution >= 0.6 is 11.3 Å². The lowest BCUT2D eigenvalue weighted by Crippen LogP contribution is -2.33. The van der Waals surface area contributed by atoms with Gasteiger partial charge in [-0.1, -0.05) is 6.07 Å². The minimum atomic E-state index is -0.919. The molecule has 0 radical (unpaired) electrons. The van der Waals surface area contributed by atoms with Gasteiger partial charge >= 0.3 is 5.97 Å². The number of aromatic nitrogens is 2. The number of carboxylic acid groups (broad SMARTS) is 1. The van der Waals surface area contributed by atoms with Crippen molar-refractivity contribution in [2.24, 2.45) is 0 Å². The lowest BCUT2D eigenvalue weighted by molar-refractivity contribution is -0.137. The van der Waals surface area contributed by atoms with E-state index in [9.17, 15) is 9.59 Å². The number of carboxylic acids is 1. The van der Waals surface area contributed by atoms with Crippen molar-refractivity contribution in [1.82, 2.24) is 15.1 Å². The fraction of sp³-hybridized carbons (Fsp3) is 0.308. The number of carbonyl (C=O) groups excluding carboxylic acids is 1. The minimum absolute atomic E-state index is 0.0677. The zero-order chi connectivity index (χ0) is 14.5. The first-order valence-electron chi connectivity index (χ1n) is 6.22. The Bertz CT molecular complexity index is 592. The van der Waals surface area contributed by atoms with Crippen LogP contribution in [0.5, 0.6) is 0 Å². The van der Waals surface area contributed by atoms with Gasteiger partial charge in [-0.05, 0) is 24.4 Å². The maximum atomic E-state index is 12.2. The van der Waals surface area contributed by atoms with Crippen LogP contribution in [0.4, 0.5) is 0 Å². The number of amides is 1. The maximum Gasteiger partial charge on any atom is 0.305 e. The SMILES string of the molecule is CCN(CCC(=O)O)C(=O)c1cc(-c2cccs2)[nH]n1. The van der Waals surface area contributed by atoms with Crippen LogP contribution in [0.15, 0.2) is 23.6 Å². The molecule has 0 saturated carbocycles. The summed E-state index contributed by atoms with van der Waals surface area (Å²) in [5.41, 5.74) is 1.10. The fourth-order valence-corrected chi connectivity index (χ4v) is 2.48. The molecule has 2 aromatic rings. The number of nitrogens with one attached hydrogen (secondary N) is 1. The number of hydrogen-bond acceptors (Lipinski definition) is 4. The van der Waals surface area contributed by atoms with E-state index in [4.69, 9.17) is 5.11 Å². The third kappa shape index (κ3) is 3.24. The Balaban J connectivity index is 2.10. The third-order valence-electron chi connectivity index (χ3n) is 2.85. The second-order valence-electron chi connectivity index (χ2n) is 4.17. The number of carbonyl (C=O) groups is 2. The molecule has 0 aliphatic heterocycles. The Morgan fingerprint density at radius 3 is 2.90 bits per heavy atom. The van der Waals surface area contributed by atoms with E-state index in [1.807, 2.05) is 24.4 Å². The van der Waals surface area contributed by atoms with Crippen molar-refractivity contribution in [2.45, 2.75) is 13.3 Å². The molecular formula is C13H15N3O3S. The van der Waals surface area contributed by atoms with Crippen LogP contribution < -0.4 is 0 Å². The van der Waals surface area contributed by atoms with Crippen LogP contribution in [0.3, 0.4) is 0 Å². The lowest BCUT2D eigenvalue weighted by Gasteiger charge is -2.18. The summed E-state index contributed by atoms with van der Waals surface area (Å²) in [6, 6.07) is 5.56. The molecule has 0 bridgehead atoms. The van der Waals surface area contributed by atoms with Gasteiger partial charge in [0.15, 0.2) is 5.69 Å². The van der Waals surface area contributed by atoms with Crippen LogP contribution in [0.2, 0.25) is 0 Å². The summed E-state index contributed by atoms with van der Waals surface area (Å²) >= 11 is 1.56. The molecule has 2 heterocycles. The smallest absolute Gasteiger partial charge is 0.305 e. The number of thiophene rings is 1. The Kier molecular flexibility index (Phi) is 4.52. The Hall–Kier alpha value is -2.15. The molecule has 20 heavy (non-hydrogen) atoms. The summed E-state index contributed by atoms with van der Waals surface area (Å²) < 4.78 is 0. The van der Waals surface area contributed by atoms with E-state index in [0.717, 1.165) is 10.6 Å². The molecule has 0 aliphatic carbocycles. The zero-order valence-electron chi connectivity index (χ0n) is 11.0. The maximum absolute atomic E-state index is 12.2. The molecular weight excluding hydrogens is 278 g/mol. The molecule has 6 nitrogen and oxygen atoms in total. The highest BCUT2D eigenvalue weighted by atomic mass is 32.1. The predicted octanol–water partition coefficient (Wildman–Crippen LogP) is 2.07. The third-order valence-corrected chi connectivity index (χ3v) is 3.75. The first-order chi connectivity index (χ1) is 9.61. The molecule has 2 rings (SSSR count). The van der Waals surface area contributed by atoms with Gasteiger partial charge in [0.05, 0.1) is 17.0 Å². The molecule has 2 aromatic heterocycles. The molecule has 0 aliphatic rings. The Morgan fingerprint density at radius 2 is 2.30 bits per heavy atom. The molecule has 106 valence electrons. The molecule has 0 aromatic carbocycles. The van der Waals surface area contributed by atoms with E-state index >= 15 is 0 Å². The second-order valence-corrected chi connectivity index (χ2v) is 5.12. The van der Waals surface area contributed by atoms with E-state index in [1.165, 1.54) is 4.90 Å². The van der Waals surface area contributed by atoms with Crippen LogP contribution in [0.25, 0.3) is 10.6 Å². The van der Waals surface area contributed by atoms with E-state index in [-0.39, 0.29) is 18.9 Å². The number of H-pyrrole nitrogens is 1. The van der Waals surface area contributed by atoms with Crippen LogP contribution in [0, 0.1) is 0 Å². The summed E-state index contributed by atoms with van der Waals surface area (Å²) in [4.78, 5) is 25.3. The standard InChI is InChI=1S/C13H15N3O3S/c1-2-16(6-5-12(17)18)13(19)10-8-9(14-15-10)11-4-3-7-20-11/h3-4,7-8H,2,5-6H2,1H3,(H,14,15)(H,17,18). The van der Waals surface area contributed by atoms with Crippen LogP contribution in [-0.2, 0) is 4.79 Å².